The molecule has 1 aliphatic heterocycles. The molecule has 2 heterocycles. The molecule has 0 radical (unpaired) electrons. The van der Waals surface area contributed by atoms with Crippen LogP contribution < -0.4 is 4.90 Å². The monoisotopic (exact) mass is 226 g/mol. The summed E-state index contributed by atoms with van der Waals surface area (Å²) in [7, 11) is 2.09. The minimum Gasteiger partial charge on any atom is -0.368 e. The third-order valence-electron chi connectivity index (χ3n) is 3.36. The van der Waals surface area contributed by atoms with Crippen molar-refractivity contribution in [3.05, 3.63) is 53.3 Å². The fraction of sp³-hybridized carbons (Fsp3) is 0.214. The lowest BCUT2D eigenvalue weighted by Gasteiger charge is -2.18. The Morgan fingerprint density at radius 1 is 1.12 bits per heavy atom. The number of aldehydes is 1. The molecule has 3 nitrogen and oxygen atoms in total. The molecule has 0 spiro atoms. The zero-order valence-corrected chi connectivity index (χ0v) is 9.76. The number of carbonyl (C=O) groups is 1. The molecule has 0 aliphatic carbocycles. The Hall–Kier alpha value is -2.03. The fourth-order valence-corrected chi connectivity index (χ4v) is 2.48. The molecule has 0 fully saturated rings. The van der Waals surface area contributed by atoms with E-state index in [9.17, 15) is 4.79 Å². The Balaban J connectivity index is 2.16. The standard InChI is InChI=1S/C14H14N2O/c1-15-9-12-6-7-13(10-17)16(12)8-11-4-2-3-5-14(11)15/h2-7,10H,8-9H2,1H3. The van der Waals surface area contributed by atoms with Crippen LogP contribution in [0.4, 0.5) is 5.69 Å². The highest BCUT2D eigenvalue weighted by atomic mass is 16.1. The van der Waals surface area contributed by atoms with Gasteiger partial charge < -0.3 is 9.47 Å². The number of hydrogen-bond acceptors (Lipinski definition) is 2. The van der Waals surface area contributed by atoms with E-state index in [0.29, 0.717) is 0 Å². The molecule has 3 rings (SSSR count). The highest BCUT2D eigenvalue weighted by Gasteiger charge is 2.17. The number of rotatable bonds is 1. The Labute approximate surface area is 100 Å². The van der Waals surface area contributed by atoms with Crippen molar-refractivity contribution in [2.45, 2.75) is 13.1 Å². The molecule has 17 heavy (non-hydrogen) atoms. The highest BCUT2D eigenvalue weighted by Crippen LogP contribution is 2.27. The van der Waals surface area contributed by atoms with E-state index in [1.165, 1.54) is 16.9 Å². The molecule has 0 atom stereocenters. The van der Waals surface area contributed by atoms with Crippen molar-refractivity contribution >= 4 is 12.0 Å². The van der Waals surface area contributed by atoms with E-state index in [2.05, 4.69) is 34.7 Å². The van der Waals surface area contributed by atoms with Crippen molar-refractivity contribution in [3.8, 4) is 0 Å². The number of nitrogens with zero attached hydrogens (tertiary/aromatic N) is 2. The van der Waals surface area contributed by atoms with Crippen molar-refractivity contribution in [1.82, 2.24) is 4.57 Å². The lowest BCUT2D eigenvalue weighted by molar-refractivity contribution is 0.111. The molecule has 86 valence electrons. The summed E-state index contributed by atoms with van der Waals surface area (Å²) < 4.78 is 2.09. The second-order valence-electron chi connectivity index (χ2n) is 4.44. The quantitative estimate of drug-likeness (QED) is 0.697. The molecule has 2 aromatic rings. The largest absolute Gasteiger partial charge is 0.368 e. The predicted octanol–water partition coefficient (Wildman–Crippen LogP) is 2.30. The number of anilines is 1. The first-order valence-corrected chi connectivity index (χ1v) is 5.72. The molecular formula is C14H14N2O. The second-order valence-corrected chi connectivity index (χ2v) is 4.44. The zero-order valence-electron chi connectivity index (χ0n) is 9.76. The fourth-order valence-electron chi connectivity index (χ4n) is 2.48. The Kier molecular flexibility index (Phi) is 2.25. The molecule has 1 aliphatic rings. The van der Waals surface area contributed by atoms with Crippen LogP contribution in [0.2, 0.25) is 0 Å². The van der Waals surface area contributed by atoms with Crippen LogP contribution in [0.25, 0.3) is 0 Å². The summed E-state index contributed by atoms with van der Waals surface area (Å²) in [5, 5.41) is 0. The molecule has 0 N–H and O–H groups in total. The van der Waals surface area contributed by atoms with Crippen LogP contribution >= 0.6 is 0 Å². The van der Waals surface area contributed by atoms with Gasteiger partial charge in [-0.05, 0) is 23.8 Å². The van der Waals surface area contributed by atoms with Gasteiger partial charge >= 0.3 is 0 Å². The lowest BCUT2D eigenvalue weighted by atomic mass is 10.1. The molecule has 0 saturated carbocycles. The van der Waals surface area contributed by atoms with Crippen molar-refractivity contribution in [2.75, 3.05) is 11.9 Å². The van der Waals surface area contributed by atoms with Gasteiger partial charge in [0, 0.05) is 18.4 Å². The molecule has 1 aromatic carbocycles. The van der Waals surface area contributed by atoms with Gasteiger partial charge in [-0.3, -0.25) is 4.79 Å². The van der Waals surface area contributed by atoms with E-state index in [4.69, 9.17) is 0 Å². The van der Waals surface area contributed by atoms with Gasteiger partial charge in [0.1, 0.15) is 0 Å². The Morgan fingerprint density at radius 3 is 2.76 bits per heavy atom. The van der Waals surface area contributed by atoms with Crippen molar-refractivity contribution in [2.24, 2.45) is 0 Å². The smallest absolute Gasteiger partial charge is 0.166 e. The van der Waals surface area contributed by atoms with Crippen LogP contribution in [0, 0.1) is 0 Å². The van der Waals surface area contributed by atoms with Crippen molar-refractivity contribution < 1.29 is 4.79 Å². The van der Waals surface area contributed by atoms with Gasteiger partial charge in [-0.1, -0.05) is 18.2 Å². The molecule has 0 saturated heterocycles. The predicted molar refractivity (Wildman–Crippen MR) is 67.5 cm³/mol. The average molecular weight is 226 g/mol. The molecule has 0 unspecified atom stereocenters. The van der Waals surface area contributed by atoms with Crippen molar-refractivity contribution in [3.63, 3.8) is 0 Å². The van der Waals surface area contributed by atoms with Gasteiger partial charge in [0.15, 0.2) is 6.29 Å². The number of fused-ring (bicyclic) bond motifs is 2. The minimum atomic E-state index is 0.755. The van der Waals surface area contributed by atoms with Gasteiger partial charge in [0.2, 0.25) is 0 Å². The van der Waals surface area contributed by atoms with E-state index < -0.39 is 0 Å². The number of para-hydroxylation sites is 1. The normalized spacial score (nSPS) is 13.8. The van der Waals surface area contributed by atoms with Crippen LogP contribution in [0.15, 0.2) is 36.4 Å². The number of hydrogen-bond donors (Lipinski definition) is 0. The summed E-state index contributed by atoms with van der Waals surface area (Å²) in [6.45, 7) is 1.61. The SMILES string of the molecule is CN1Cc2ccc(C=O)n2Cc2ccccc21. The number of aromatic nitrogens is 1. The zero-order chi connectivity index (χ0) is 11.8. The number of carbonyl (C=O) groups excluding carboxylic acids is 1. The van der Waals surface area contributed by atoms with Gasteiger partial charge in [-0.25, -0.2) is 0 Å². The van der Waals surface area contributed by atoms with Crippen molar-refractivity contribution in [1.29, 1.82) is 0 Å². The Morgan fingerprint density at radius 2 is 1.94 bits per heavy atom. The second kappa shape index (κ2) is 3.77. The third-order valence-corrected chi connectivity index (χ3v) is 3.36. The van der Waals surface area contributed by atoms with Crippen LogP contribution in [0.3, 0.4) is 0 Å². The van der Waals surface area contributed by atoms with E-state index in [-0.39, 0.29) is 0 Å². The summed E-state index contributed by atoms with van der Waals surface area (Å²) in [6.07, 6.45) is 0.928. The van der Waals surface area contributed by atoms with Gasteiger partial charge in [0.05, 0.1) is 18.8 Å². The summed E-state index contributed by atoms with van der Waals surface area (Å²) in [6, 6.07) is 12.3. The first-order chi connectivity index (χ1) is 8.29. The van der Waals surface area contributed by atoms with E-state index >= 15 is 0 Å². The highest BCUT2D eigenvalue weighted by molar-refractivity contribution is 5.73. The van der Waals surface area contributed by atoms with Crippen LogP contribution in [0.1, 0.15) is 21.7 Å². The molecule has 0 bridgehead atoms. The summed E-state index contributed by atoms with van der Waals surface area (Å²) >= 11 is 0. The summed E-state index contributed by atoms with van der Waals surface area (Å²) in [4.78, 5) is 13.2. The van der Waals surface area contributed by atoms with E-state index in [0.717, 1.165) is 25.1 Å². The van der Waals surface area contributed by atoms with E-state index in [1.54, 1.807) is 0 Å². The average Bonchev–Trinajstić information content (AvgIpc) is 2.66. The third kappa shape index (κ3) is 1.55. The van der Waals surface area contributed by atoms with Gasteiger partial charge in [0.25, 0.3) is 0 Å². The molecule has 3 heteroatoms. The summed E-state index contributed by atoms with van der Waals surface area (Å²) in [5.74, 6) is 0. The molecular weight excluding hydrogens is 212 g/mol. The van der Waals surface area contributed by atoms with Gasteiger partial charge in [-0.15, -0.1) is 0 Å². The van der Waals surface area contributed by atoms with Crippen LogP contribution in [-0.4, -0.2) is 17.9 Å². The lowest BCUT2D eigenvalue weighted by Crippen LogP contribution is -2.16. The number of benzene rings is 1. The molecule has 0 amide bonds. The maximum Gasteiger partial charge on any atom is 0.166 e. The van der Waals surface area contributed by atoms with Crippen LogP contribution in [-0.2, 0) is 13.1 Å². The Bertz CT molecular complexity index is 571. The maximum absolute atomic E-state index is 11.0. The topological polar surface area (TPSA) is 25.2 Å². The first-order valence-electron chi connectivity index (χ1n) is 5.72. The van der Waals surface area contributed by atoms with Gasteiger partial charge in [-0.2, -0.15) is 0 Å². The first kappa shape index (κ1) is 10.1. The maximum atomic E-state index is 11.0. The molecule has 1 aromatic heterocycles. The minimum absolute atomic E-state index is 0.755. The summed E-state index contributed by atoms with van der Waals surface area (Å²) in [5.41, 5.74) is 4.44. The van der Waals surface area contributed by atoms with Crippen LogP contribution in [0.5, 0.6) is 0 Å². The van der Waals surface area contributed by atoms with E-state index in [1.807, 2.05) is 18.2 Å².